The zero-order chi connectivity index (χ0) is 34.9. The summed E-state index contributed by atoms with van der Waals surface area (Å²) in [5, 5.41) is 4.06. The molecule has 9 rings (SSSR count). The minimum atomic E-state index is 0.0866. The third-order valence-corrected chi connectivity index (χ3v) is 12.4. The Morgan fingerprint density at radius 2 is 1.63 bits per heavy atom. The lowest BCUT2D eigenvalue weighted by molar-refractivity contribution is 0.183. The standard InChI is InChI=1S/C48H51N3O/c1-2-32-31-43(40-29-30-42(35-17-8-4-9-18-35)49-46(40)36-19-10-5-11-20-36)50-48(37-27-25-34(26-28-37)33-15-6-3-7-16-33)51-45(32)41-23-14-22-39-38-21-12-13-24-44(38)52-47(39)41/h3-8,10-15,17,19,21,23-25,27,29-30,33-34,36-39,42,44H,2,9,16,18,20,22,26,28,31H2,1H3,(H,50,51). The molecule has 4 nitrogen and oxygen atoms in total. The molecule has 0 amide bonds. The third-order valence-electron chi connectivity index (χ3n) is 12.4. The number of allylic oxidation sites excluding steroid dienone is 20. The van der Waals surface area contributed by atoms with E-state index in [0.717, 1.165) is 75.1 Å². The molecule has 1 N–H and O–H groups in total. The van der Waals surface area contributed by atoms with E-state index in [9.17, 15) is 0 Å². The van der Waals surface area contributed by atoms with Gasteiger partial charge in [0.1, 0.15) is 17.7 Å². The fourth-order valence-electron chi connectivity index (χ4n) is 9.52. The summed E-state index contributed by atoms with van der Waals surface area (Å²) in [6, 6.07) is 0.0866. The number of amidine groups is 1. The van der Waals surface area contributed by atoms with Crippen LogP contribution in [0.3, 0.4) is 0 Å². The molecular weight excluding hydrogens is 635 g/mol. The van der Waals surface area contributed by atoms with Crippen molar-refractivity contribution in [1.29, 1.82) is 0 Å². The Morgan fingerprint density at radius 3 is 2.42 bits per heavy atom. The normalized spacial score (nSPS) is 35.9. The van der Waals surface area contributed by atoms with Crippen molar-refractivity contribution in [2.75, 3.05) is 0 Å². The van der Waals surface area contributed by atoms with Gasteiger partial charge in [0.25, 0.3) is 0 Å². The average molecular weight is 686 g/mol. The van der Waals surface area contributed by atoms with Crippen LogP contribution in [0, 0.1) is 35.5 Å². The maximum Gasteiger partial charge on any atom is 0.124 e. The van der Waals surface area contributed by atoms with Gasteiger partial charge in [-0.05, 0) is 80.4 Å². The number of ether oxygens (including phenoxy) is 1. The molecule has 8 unspecified atom stereocenters. The fraction of sp³-hybridized carbons (Fsp3) is 0.375. The molecule has 4 heteroatoms. The maximum atomic E-state index is 6.81. The molecule has 0 bridgehead atoms. The number of dihydropyridines is 1. The molecule has 0 saturated carbocycles. The Kier molecular flexibility index (Phi) is 9.40. The first-order valence-electron chi connectivity index (χ1n) is 19.9. The highest BCUT2D eigenvalue weighted by Crippen LogP contribution is 2.47. The second kappa shape index (κ2) is 14.7. The van der Waals surface area contributed by atoms with Gasteiger partial charge < -0.3 is 10.1 Å². The Labute approximate surface area is 310 Å². The molecule has 1 saturated heterocycles. The van der Waals surface area contributed by atoms with Gasteiger partial charge in [0.05, 0.1) is 17.5 Å². The van der Waals surface area contributed by atoms with Gasteiger partial charge in [0, 0.05) is 46.9 Å². The van der Waals surface area contributed by atoms with Crippen LogP contribution < -0.4 is 5.32 Å². The Hall–Kier alpha value is -4.70. The van der Waals surface area contributed by atoms with Crippen molar-refractivity contribution in [2.24, 2.45) is 45.5 Å². The summed E-state index contributed by atoms with van der Waals surface area (Å²) in [5.41, 5.74) is 8.70. The van der Waals surface area contributed by atoms with Crippen LogP contribution in [-0.2, 0) is 4.74 Å². The second-order valence-electron chi connectivity index (χ2n) is 15.6. The second-order valence-corrected chi connectivity index (χ2v) is 15.6. The van der Waals surface area contributed by atoms with Crippen molar-refractivity contribution >= 4 is 11.5 Å². The highest BCUT2D eigenvalue weighted by molar-refractivity contribution is 6.07. The molecule has 8 atom stereocenters. The van der Waals surface area contributed by atoms with Crippen molar-refractivity contribution in [3.05, 3.63) is 167 Å². The molecule has 3 aliphatic heterocycles. The van der Waals surface area contributed by atoms with Gasteiger partial charge in [-0.3, -0.25) is 4.99 Å². The van der Waals surface area contributed by atoms with Crippen molar-refractivity contribution < 1.29 is 4.74 Å². The number of nitrogens with zero attached hydrogens (tertiary/aromatic N) is 2. The van der Waals surface area contributed by atoms with E-state index in [-0.39, 0.29) is 24.0 Å². The van der Waals surface area contributed by atoms with Gasteiger partial charge >= 0.3 is 0 Å². The highest BCUT2D eigenvalue weighted by atomic mass is 16.5. The Balaban J connectivity index is 1.15. The van der Waals surface area contributed by atoms with Crippen molar-refractivity contribution in [3.8, 4) is 0 Å². The molecule has 3 heterocycles. The highest BCUT2D eigenvalue weighted by Gasteiger charge is 2.42. The minimum Gasteiger partial charge on any atom is -0.489 e. The molecule has 6 aliphatic carbocycles. The smallest absolute Gasteiger partial charge is 0.124 e. The first-order chi connectivity index (χ1) is 25.7. The van der Waals surface area contributed by atoms with E-state index in [0.29, 0.717) is 23.7 Å². The molecule has 0 aromatic carbocycles. The summed E-state index contributed by atoms with van der Waals surface area (Å²) in [5.74, 6) is 4.52. The zero-order valence-corrected chi connectivity index (χ0v) is 30.4. The van der Waals surface area contributed by atoms with Gasteiger partial charge in [-0.1, -0.05) is 128 Å². The summed E-state index contributed by atoms with van der Waals surface area (Å²) in [6.45, 7) is 2.30. The number of aliphatic imine (C=N–C) groups is 2. The lowest BCUT2D eigenvalue weighted by Crippen LogP contribution is -2.34. The number of hydrogen-bond acceptors (Lipinski definition) is 4. The van der Waals surface area contributed by atoms with Crippen molar-refractivity contribution in [2.45, 2.75) is 76.9 Å². The fourth-order valence-corrected chi connectivity index (χ4v) is 9.52. The molecular formula is C48H51N3O. The third kappa shape index (κ3) is 6.46. The first kappa shape index (κ1) is 33.2. The topological polar surface area (TPSA) is 46.0 Å². The van der Waals surface area contributed by atoms with Gasteiger partial charge in [0.15, 0.2) is 0 Å². The molecule has 264 valence electrons. The lowest BCUT2D eigenvalue weighted by Gasteiger charge is -2.30. The lowest BCUT2D eigenvalue weighted by atomic mass is 9.78. The predicted molar refractivity (Wildman–Crippen MR) is 215 cm³/mol. The molecule has 9 aliphatic rings. The summed E-state index contributed by atoms with van der Waals surface area (Å²) >= 11 is 0. The number of hydrogen-bond donors (Lipinski definition) is 1. The summed E-state index contributed by atoms with van der Waals surface area (Å²) in [4.78, 5) is 11.3. The van der Waals surface area contributed by atoms with E-state index in [1.165, 1.54) is 33.7 Å². The van der Waals surface area contributed by atoms with Crippen LogP contribution in [0.15, 0.2) is 177 Å². The van der Waals surface area contributed by atoms with Gasteiger partial charge in [-0.15, -0.1) is 0 Å². The van der Waals surface area contributed by atoms with Crippen molar-refractivity contribution in [3.63, 3.8) is 0 Å². The molecule has 1 fully saturated rings. The number of nitrogens with one attached hydrogen (secondary N) is 1. The average Bonchev–Trinajstić information content (AvgIpc) is 3.50. The van der Waals surface area contributed by atoms with E-state index >= 15 is 0 Å². The Bertz CT molecular complexity index is 1970. The van der Waals surface area contributed by atoms with E-state index in [4.69, 9.17) is 14.7 Å². The number of rotatable bonds is 6. The van der Waals surface area contributed by atoms with E-state index in [1.54, 1.807) is 0 Å². The van der Waals surface area contributed by atoms with Crippen LogP contribution >= 0.6 is 0 Å². The summed E-state index contributed by atoms with van der Waals surface area (Å²) in [7, 11) is 0. The molecule has 52 heavy (non-hydrogen) atoms. The Morgan fingerprint density at radius 1 is 0.750 bits per heavy atom. The van der Waals surface area contributed by atoms with Gasteiger partial charge in [-0.2, -0.15) is 0 Å². The van der Waals surface area contributed by atoms with Gasteiger partial charge in [-0.25, -0.2) is 4.99 Å². The monoisotopic (exact) mass is 685 g/mol. The quantitative estimate of drug-likeness (QED) is 0.283. The first-order valence-corrected chi connectivity index (χ1v) is 19.9. The summed E-state index contributed by atoms with van der Waals surface area (Å²) in [6.07, 6.45) is 57.4. The van der Waals surface area contributed by atoms with E-state index in [2.05, 4.69) is 140 Å². The van der Waals surface area contributed by atoms with E-state index < -0.39 is 0 Å². The predicted octanol–water partition coefficient (Wildman–Crippen LogP) is 10.8. The van der Waals surface area contributed by atoms with Crippen LogP contribution in [-0.4, -0.2) is 23.7 Å². The summed E-state index contributed by atoms with van der Waals surface area (Å²) < 4.78 is 6.81. The van der Waals surface area contributed by atoms with Crippen LogP contribution in [0.2, 0.25) is 0 Å². The molecule has 0 aromatic rings. The van der Waals surface area contributed by atoms with Gasteiger partial charge in [0.2, 0.25) is 0 Å². The maximum absolute atomic E-state index is 6.81. The zero-order valence-electron chi connectivity index (χ0n) is 30.4. The van der Waals surface area contributed by atoms with Crippen molar-refractivity contribution in [1.82, 2.24) is 5.32 Å². The van der Waals surface area contributed by atoms with Crippen LogP contribution in [0.5, 0.6) is 0 Å². The van der Waals surface area contributed by atoms with Crippen LogP contribution in [0.4, 0.5) is 0 Å². The largest absolute Gasteiger partial charge is 0.489 e. The minimum absolute atomic E-state index is 0.0866. The molecule has 0 aromatic heterocycles. The van der Waals surface area contributed by atoms with E-state index in [1.807, 2.05) is 0 Å². The van der Waals surface area contributed by atoms with Crippen LogP contribution in [0.1, 0.15) is 64.7 Å². The molecule has 0 spiro atoms. The molecule has 0 radical (unpaired) electrons. The SMILES string of the molecule is CCC1=C(C2=C3OC4C=CC=CC4C3CC=C2)N=C(C2C=CC(C3C=CC=CC3)CC2)NC(=C2C=CC(C3=CC=CCC3)N=C2C2C=CC=CC2)C1. The number of fused-ring (bicyclic) bond motifs is 3. The van der Waals surface area contributed by atoms with Crippen LogP contribution in [0.25, 0.3) is 0 Å².